The van der Waals surface area contributed by atoms with Crippen molar-refractivity contribution in [3.63, 3.8) is 0 Å². The summed E-state index contributed by atoms with van der Waals surface area (Å²) in [7, 11) is 1.63. The van der Waals surface area contributed by atoms with Crippen molar-refractivity contribution < 1.29 is 36.8 Å². The number of carbonyl (C=O) groups is 3. The number of aldehydes is 1. The van der Waals surface area contributed by atoms with Crippen LogP contribution in [0.25, 0.3) is 0 Å². The summed E-state index contributed by atoms with van der Waals surface area (Å²) in [6.07, 6.45) is -1.98. The van der Waals surface area contributed by atoms with Crippen LogP contribution in [0, 0.1) is 0 Å². The number of halogens is 3. The molecule has 0 saturated carbocycles. The normalized spacial score (nSPS) is 21.9. The Morgan fingerprint density at radius 2 is 2.03 bits per heavy atom. The highest BCUT2D eigenvalue weighted by Crippen LogP contribution is 2.36. The van der Waals surface area contributed by atoms with Crippen LogP contribution < -0.4 is 14.8 Å². The number of amides is 2. The Kier molecular flexibility index (Phi) is 6.07. The first-order valence-corrected chi connectivity index (χ1v) is 10.3. The monoisotopic (exact) mass is 450 g/mol. The first-order valence-electron chi connectivity index (χ1n) is 9.11. The van der Waals surface area contributed by atoms with E-state index in [0.29, 0.717) is 11.2 Å². The Hall–Kier alpha value is -2.25. The lowest BCUT2D eigenvalue weighted by Gasteiger charge is -2.39. The third-order valence-corrected chi connectivity index (χ3v) is 6.61. The maximum absolute atomic E-state index is 12.7. The van der Waals surface area contributed by atoms with Gasteiger partial charge in [0.2, 0.25) is 10.6 Å². The molecule has 1 fully saturated rings. The van der Waals surface area contributed by atoms with Crippen LogP contribution >= 0.6 is 0 Å². The first-order chi connectivity index (χ1) is 14.0. The third-order valence-electron chi connectivity index (χ3n) is 5.30. The van der Waals surface area contributed by atoms with Crippen molar-refractivity contribution in [2.24, 2.45) is 7.05 Å². The molecular formula is C17H21F3N4O5S. The van der Waals surface area contributed by atoms with Crippen LogP contribution in [0.3, 0.4) is 0 Å². The number of likely N-dealkylation sites (tertiary alicyclic amines) is 1. The lowest BCUT2D eigenvalue weighted by Crippen LogP contribution is -2.60. The molecule has 3 rings (SSSR count). The molecule has 2 atom stereocenters. The molecule has 2 N–H and O–H groups in total. The number of fused-ring (bicyclic) bond motifs is 1. The lowest BCUT2D eigenvalue weighted by atomic mass is 9.89. The second-order valence-electron chi connectivity index (χ2n) is 7.41. The summed E-state index contributed by atoms with van der Waals surface area (Å²) in [6.45, 7) is 0.969. The molecule has 0 aromatic carbocycles. The van der Waals surface area contributed by atoms with E-state index in [2.05, 4.69) is 4.72 Å². The smallest absolute Gasteiger partial charge is 0.408 e. The Bertz CT molecular complexity index is 851. The maximum atomic E-state index is 12.7. The Morgan fingerprint density at radius 3 is 2.60 bits per heavy atom. The SMILES string of the molecule is CC(NC(=O)C(=O)N1CCC2(CC1)COc1c(cn(C)c1C=O)[S+]([O-])N2)C(F)(F)F. The van der Waals surface area contributed by atoms with Gasteiger partial charge >= 0.3 is 18.0 Å². The minimum Gasteiger partial charge on any atom is -0.593 e. The fraction of sp³-hybridized carbons (Fsp3) is 0.588. The van der Waals surface area contributed by atoms with Gasteiger partial charge in [-0.25, -0.2) is 0 Å². The van der Waals surface area contributed by atoms with Crippen LogP contribution in [-0.4, -0.2) is 69.6 Å². The van der Waals surface area contributed by atoms with Gasteiger partial charge in [-0.15, -0.1) is 4.72 Å². The van der Waals surface area contributed by atoms with Gasteiger partial charge in [-0.1, -0.05) is 0 Å². The fourth-order valence-electron chi connectivity index (χ4n) is 3.36. The van der Waals surface area contributed by atoms with Crippen LogP contribution in [0.15, 0.2) is 11.1 Å². The molecular weight excluding hydrogens is 429 g/mol. The standard InChI is InChI=1S/C17H21F3N4O5S/c1-10(17(18,19)20)21-14(26)15(27)24-5-3-16(4-6-24)9-29-13-11(8-25)23(2)7-12(13)30(28)22-16/h7-8,10,22H,3-6,9H2,1-2H3,(H,21,26). The molecule has 30 heavy (non-hydrogen) atoms. The van der Waals surface area contributed by atoms with Gasteiger partial charge in [-0.2, -0.15) is 13.2 Å². The average molecular weight is 450 g/mol. The zero-order valence-electron chi connectivity index (χ0n) is 16.2. The van der Waals surface area contributed by atoms with Gasteiger partial charge in [-0.3, -0.25) is 14.4 Å². The van der Waals surface area contributed by atoms with E-state index in [4.69, 9.17) is 4.74 Å². The van der Waals surface area contributed by atoms with Crippen LogP contribution in [-0.2, 0) is 28.0 Å². The third kappa shape index (κ3) is 4.27. The molecule has 0 radical (unpaired) electrons. The number of hydrogen-bond acceptors (Lipinski definition) is 6. The molecule has 2 amide bonds. The number of carbonyl (C=O) groups excluding carboxylic acids is 3. The minimum absolute atomic E-state index is 0.0682. The van der Waals surface area contributed by atoms with Gasteiger partial charge < -0.3 is 24.1 Å². The molecule has 2 aliphatic heterocycles. The van der Waals surface area contributed by atoms with Gasteiger partial charge in [0, 0.05) is 20.1 Å². The molecule has 2 unspecified atom stereocenters. The number of piperidine rings is 1. The predicted octanol–water partition coefficient (Wildman–Crippen LogP) is 0.270. The zero-order chi connectivity index (χ0) is 22.3. The van der Waals surface area contributed by atoms with Crippen LogP contribution in [0.2, 0.25) is 0 Å². The molecule has 1 aromatic heterocycles. The number of aryl methyl sites for hydroxylation is 1. The Morgan fingerprint density at radius 1 is 1.40 bits per heavy atom. The molecule has 13 heteroatoms. The highest BCUT2D eigenvalue weighted by Gasteiger charge is 2.46. The van der Waals surface area contributed by atoms with E-state index in [9.17, 15) is 32.1 Å². The van der Waals surface area contributed by atoms with Gasteiger partial charge in [0.15, 0.2) is 6.29 Å². The number of ether oxygens (including phenoxy) is 1. The maximum Gasteiger partial charge on any atom is 0.408 e. The summed E-state index contributed by atoms with van der Waals surface area (Å²) in [5, 5.41) is 1.65. The summed E-state index contributed by atoms with van der Waals surface area (Å²) >= 11 is -1.67. The lowest BCUT2D eigenvalue weighted by molar-refractivity contribution is -0.162. The van der Waals surface area contributed by atoms with Crippen molar-refractivity contribution in [1.29, 1.82) is 0 Å². The molecule has 0 aliphatic carbocycles. The Balaban J connectivity index is 1.63. The van der Waals surface area contributed by atoms with E-state index in [0.717, 1.165) is 11.8 Å². The fourth-order valence-corrected chi connectivity index (χ4v) is 4.72. The van der Waals surface area contributed by atoms with Gasteiger partial charge in [-0.05, 0) is 19.8 Å². The van der Waals surface area contributed by atoms with E-state index in [1.54, 1.807) is 12.4 Å². The largest absolute Gasteiger partial charge is 0.593 e. The van der Waals surface area contributed by atoms with Crippen LogP contribution in [0.5, 0.6) is 5.75 Å². The highest BCUT2D eigenvalue weighted by atomic mass is 32.2. The van der Waals surface area contributed by atoms with Crippen molar-refractivity contribution >= 4 is 29.5 Å². The van der Waals surface area contributed by atoms with Crippen molar-refractivity contribution in [3.8, 4) is 5.75 Å². The molecule has 1 aromatic rings. The second kappa shape index (κ2) is 8.12. The van der Waals surface area contributed by atoms with E-state index in [1.165, 1.54) is 10.8 Å². The second-order valence-corrected chi connectivity index (χ2v) is 8.59. The van der Waals surface area contributed by atoms with Crippen molar-refractivity contribution in [1.82, 2.24) is 19.5 Å². The molecule has 3 heterocycles. The van der Waals surface area contributed by atoms with E-state index >= 15 is 0 Å². The number of alkyl halides is 3. The number of aromatic nitrogens is 1. The zero-order valence-corrected chi connectivity index (χ0v) is 17.1. The number of nitrogens with one attached hydrogen (secondary N) is 2. The summed E-state index contributed by atoms with van der Waals surface area (Å²) < 4.78 is 60.7. The number of hydrogen-bond donors (Lipinski definition) is 2. The summed E-state index contributed by atoms with van der Waals surface area (Å²) in [5.41, 5.74) is -0.525. The first kappa shape index (κ1) is 22.4. The van der Waals surface area contributed by atoms with Crippen molar-refractivity contribution in [3.05, 3.63) is 11.9 Å². The van der Waals surface area contributed by atoms with E-state index in [-0.39, 0.29) is 44.0 Å². The molecule has 0 bridgehead atoms. The quantitative estimate of drug-likeness (QED) is 0.380. The topological polar surface area (TPSA) is 116 Å². The highest BCUT2D eigenvalue weighted by molar-refractivity contribution is 7.89. The minimum atomic E-state index is -4.65. The van der Waals surface area contributed by atoms with Crippen molar-refractivity contribution in [2.75, 3.05) is 19.7 Å². The molecule has 9 nitrogen and oxygen atoms in total. The van der Waals surface area contributed by atoms with Gasteiger partial charge in [0.25, 0.3) is 0 Å². The Labute approximate surface area is 173 Å². The van der Waals surface area contributed by atoms with Gasteiger partial charge in [0.1, 0.15) is 23.9 Å². The van der Waals surface area contributed by atoms with Crippen LogP contribution in [0.4, 0.5) is 13.2 Å². The van der Waals surface area contributed by atoms with Gasteiger partial charge in [0.05, 0.1) is 17.6 Å². The molecule has 2 aliphatic rings. The number of rotatable bonds is 2. The molecule has 166 valence electrons. The van der Waals surface area contributed by atoms with E-state index in [1.807, 2.05) is 0 Å². The van der Waals surface area contributed by atoms with Crippen molar-refractivity contribution in [2.45, 2.75) is 42.4 Å². The summed E-state index contributed by atoms with van der Waals surface area (Å²) in [6, 6.07) is -2.14. The van der Waals surface area contributed by atoms with E-state index < -0.39 is 40.9 Å². The predicted molar refractivity (Wildman–Crippen MR) is 98.0 cm³/mol. The summed E-state index contributed by atoms with van der Waals surface area (Å²) in [4.78, 5) is 36.9. The average Bonchev–Trinajstić information content (AvgIpc) is 2.94. The molecule has 1 saturated heterocycles. The molecule has 1 spiro atoms. The summed E-state index contributed by atoms with van der Waals surface area (Å²) in [5.74, 6) is -2.15. The number of nitrogens with zero attached hydrogens (tertiary/aromatic N) is 2. The van der Waals surface area contributed by atoms with Crippen LogP contribution in [0.1, 0.15) is 30.3 Å².